The van der Waals surface area contributed by atoms with E-state index in [-0.39, 0.29) is 0 Å². The van der Waals surface area contributed by atoms with E-state index in [1.54, 1.807) is 26.0 Å². The highest BCUT2D eigenvalue weighted by Gasteiger charge is 2.33. The standard InChI is InChI=1S/C21H24ClNO4/c1-13-11-17(18(26-5)12-16(13)22)23-19(24)14(2)27-20(25)21(3,4)15-9-7-6-8-10-15/h6-12,14H,1-5H3,(H,23,24)/t14-/m1/s1. The van der Waals surface area contributed by atoms with Crippen molar-refractivity contribution in [3.05, 3.63) is 58.6 Å². The molecular formula is C21H24ClNO4. The Labute approximate surface area is 164 Å². The summed E-state index contributed by atoms with van der Waals surface area (Å²) in [5.41, 5.74) is 1.21. The molecule has 0 heterocycles. The number of methoxy groups -OCH3 is 1. The van der Waals surface area contributed by atoms with Crippen LogP contribution >= 0.6 is 11.6 Å². The summed E-state index contributed by atoms with van der Waals surface area (Å²) < 4.78 is 10.7. The molecule has 0 bridgehead atoms. The van der Waals surface area contributed by atoms with Crippen LogP contribution in [-0.2, 0) is 19.7 Å². The van der Waals surface area contributed by atoms with Crippen molar-refractivity contribution in [3.8, 4) is 5.75 Å². The first-order valence-corrected chi connectivity index (χ1v) is 8.96. The van der Waals surface area contributed by atoms with Crippen LogP contribution in [0.3, 0.4) is 0 Å². The number of amides is 1. The summed E-state index contributed by atoms with van der Waals surface area (Å²) in [5, 5.41) is 3.26. The van der Waals surface area contributed by atoms with Gasteiger partial charge in [-0.3, -0.25) is 9.59 Å². The molecule has 0 spiro atoms. The van der Waals surface area contributed by atoms with Gasteiger partial charge < -0.3 is 14.8 Å². The number of nitrogens with one attached hydrogen (secondary N) is 1. The second-order valence-electron chi connectivity index (χ2n) is 6.83. The number of esters is 1. The summed E-state index contributed by atoms with van der Waals surface area (Å²) in [7, 11) is 1.49. The van der Waals surface area contributed by atoms with Crippen molar-refractivity contribution >= 4 is 29.2 Å². The van der Waals surface area contributed by atoms with Gasteiger partial charge in [-0.2, -0.15) is 0 Å². The SMILES string of the molecule is COc1cc(Cl)c(C)cc1NC(=O)[C@@H](C)OC(=O)C(C)(C)c1ccccc1. The predicted molar refractivity (Wildman–Crippen MR) is 106 cm³/mol. The van der Waals surface area contributed by atoms with E-state index in [4.69, 9.17) is 21.1 Å². The molecule has 1 amide bonds. The molecule has 27 heavy (non-hydrogen) atoms. The van der Waals surface area contributed by atoms with Crippen LogP contribution in [0.1, 0.15) is 31.9 Å². The van der Waals surface area contributed by atoms with Crippen LogP contribution in [-0.4, -0.2) is 25.1 Å². The van der Waals surface area contributed by atoms with E-state index in [2.05, 4.69) is 5.32 Å². The fraction of sp³-hybridized carbons (Fsp3) is 0.333. The van der Waals surface area contributed by atoms with Gasteiger partial charge in [0.05, 0.1) is 18.2 Å². The zero-order valence-electron chi connectivity index (χ0n) is 16.1. The fourth-order valence-corrected chi connectivity index (χ4v) is 2.65. The molecule has 0 saturated heterocycles. The van der Waals surface area contributed by atoms with E-state index in [1.165, 1.54) is 14.0 Å². The molecule has 2 aromatic carbocycles. The summed E-state index contributed by atoms with van der Waals surface area (Å²) in [6.45, 7) is 6.88. The van der Waals surface area contributed by atoms with Gasteiger partial charge >= 0.3 is 5.97 Å². The van der Waals surface area contributed by atoms with Crippen LogP contribution in [0.15, 0.2) is 42.5 Å². The molecule has 144 valence electrons. The minimum atomic E-state index is -0.971. The Hall–Kier alpha value is -2.53. The van der Waals surface area contributed by atoms with Crippen molar-refractivity contribution in [2.75, 3.05) is 12.4 Å². The molecule has 6 heteroatoms. The number of carbonyl (C=O) groups is 2. The minimum Gasteiger partial charge on any atom is -0.495 e. The molecule has 0 saturated carbocycles. The fourth-order valence-electron chi connectivity index (χ4n) is 2.50. The van der Waals surface area contributed by atoms with E-state index in [0.717, 1.165) is 11.1 Å². The van der Waals surface area contributed by atoms with E-state index in [0.29, 0.717) is 16.5 Å². The van der Waals surface area contributed by atoms with Gasteiger partial charge in [0, 0.05) is 11.1 Å². The van der Waals surface area contributed by atoms with Crippen LogP contribution in [0.4, 0.5) is 5.69 Å². The van der Waals surface area contributed by atoms with E-state index >= 15 is 0 Å². The van der Waals surface area contributed by atoms with Gasteiger partial charge in [0.2, 0.25) is 0 Å². The van der Waals surface area contributed by atoms with Gasteiger partial charge in [-0.15, -0.1) is 0 Å². The zero-order chi connectivity index (χ0) is 20.2. The second kappa shape index (κ2) is 8.44. The normalized spacial score (nSPS) is 12.2. The van der Waals surface area contributed by atoms with Crippen LogP contribution in [0, 0.1) is 6.92 Å². The van der Waals surface area contributed by atoms with E-state index < -0.39 is 23.4 Å². The van der Waals surface area contributed by atoms with Crippen molar-refractivity contribution in [1.82, 2.24) is 0 Å². The third kappa shape index (κ3) is 4.80. The number of hydrogen-bond donors (Lipinski definition) is 1. The summed E-state index contributed by atoms with van der Waals surface area (Å²) in [5.74, 6) is -0.495. The highest BCUT2D eigenvalue weighted by atomic mass is 35.5. The van der Waals surface area contributed by atoms with Gasteiger partial charge in [0.15, 0.2) is 6.10 Å². The molecule has 1 atom stereocenters. The predicted octanol–water partition coefficient (Wildman–Crippen LogP) is 4.51. The van der Waals surface area contributed by atoms with Crippen LogP contribution in [0.5, 0.6) is 5.75 Å². The number of hydrogen-bond acceptors (Lipinski definition) is 4. The van der Waals surface area contributed by atoms with Gasteiger partial charge in [-0.1, -0.05) is 41.9 Å². The third-order valence-electron chi connectivity index (χ3n) is 4.40. The van der Waals surface area contributed by atoms with Gasteiger partial charge in [0.1, 0.15) is 5.75 Å². The highest BCUT2D eigenvalue weighted by molar-refractivity contribution is 6.31. The Morgan fingerprint density at radius 3 is 2.37 bits per heavy atom. The largest absolute Gasteiger partial charge is 0.495 e. The third-order valence-corrected chi connectivity index (χ3v) is 4.80. The monoisotopic (exact) mass is 389 g/mol. The molecule has 2 aromatic rings. The lowest BCUT2D eigenvalue weighted by Gasteiger charge is -2.25. The van der Waals surface area contributed by atoms with Crippen molar-refractivity contribution < 1.29 is 19.1 Å². The second-order valence-corrected chi connectivity index (χ2v) is 7.24. The molecular weight excluding hydrogens is 366 g/mol. The lowest BCUT2D eigenvalue weighted by atomic mass is 9.85. The minimum absolute atomic E-state index is 0.432. The first-order valence-electron chi connectivity index (χ1n) is 8.58. The lowest BCUT2D eigenvalue weighted by Crippen LogP contribution is -2.37. The maximum absolute atomic E-state index is 12.6. The molecule has 0 aliphatic rings. The molecule has 5 nitrogen and oxygen atoms in total. The Balaban J connectivity index is 2.10. The number of anilines is 1. The maximum Gasteiger partial charge on any atom is 0.316 e. The van der Waals surface area contributed by atoms with Gasteiger partial charge in [-0.05, 0) is 44.9 Å². The summed E-state index contributed by atoms with van der Waals surface area (Å²) in [6.07, 6.45) is -0.971. The van der Waals surface area contributed by atoms with Crippen LogP contribution in [0.25, 0.3) is 0 Å². The van der Waals surface area contributed by atoms with Crippen molar-refractivity contribution in [2.45, 2.75) is 39.2 Å². The van der Waals surface area contributed by atoms with Crippen molar-refractivity contribution in [1.29, 1.82) is 0 Å². The number of halogens is 1. The summed E-state index contributed by atoms with van der Waals surface area (Å²) >= 11 is 6.08. The van der Waals surface area contributed by atoms with E-state index in [9.17, 15) is 9.59 Å². The van der Waals surface area contributed by atoms with Crippen LogP contribution < -0.4 is 10.1 Å². The number of benzene rings is 2. The first-order chi connectivity index (χ1) is 12.7. The molecule has 0 aliphatic heterocycles. The van der Waals surface area contributed by atoms with E-state index in [1.807, 2.05) is 37.3 Å². The molecule has 1 N–H and O–H groups in total. The maximum atomic E-state index is 12.6. The van der Waals surface area contributed by atoms with Gasteiger partial charge in [-0.25, -0.2) is 0 Å². The number of carbonyl (C=O) groups excluding carboxylic acids is 2. The number of ether oxygens (including phenoxy) is 2. The molecule has 0 aliphatic carbocycles. The van der Waals surface area contributed by atoms with Crippen LogP contribution in [0.2, 0.25) is 5.02 Å². The van der Waals surface area contributed by atoms with Gasteiger partial charge in [0.25, 0.3) is 5.91 Å². The molecule has 2 rings (SSSR count). The Morgan fingerprint density at radius 1 is 1.15 bits per heavy atom. The average molecular weight is 390 g/mol. The average Bonchev–Trinajstić information content (AvgIpc) is 2.64. The Morgan fingerprint density at radius 2 is 1.78 bits per heavy atom. The number of aryl methyl sites for hydroxylation is 1. The first kappa shape index (κ1) is 20.8. The molecule has 0 aromatic heterocycles. The molecule has 0 fully saturated rings. The zero-order valence-corrected chi connectivity index (χ0v) is 16.9. The smallest absolute Gasteiger partial charge is 0.316 e. The molecule has 0 radical (unpaired) electrons. The quantitative estimate of drug-likeness (QED) is 0.738. The number of rotatable bonds is 6. The lowest BCUT2D eigenvalue weighted by molar-refractivity contribution is -0.158. The van der Waals surface area contributed by atoms with Crippen molar-refractivity contribution in [2.24, 2.45) is 0 Å². The Bertz CT molecular complexity index is 834. The topological polar surface area (TPSA) is 64.6 Å². The Kier molecular flexibility index (Phi) is 6.50. The molecule has 0 unspecified atom stereocenters. The summed E-state index contributed by atoms with van der Waals surface area (Å²) in [6, 6.07) is 12.6. The van der Waals surface area contributed by atoms with Crippen molar-refractivity contribution in [3.63, 3.8) is 0 Å². The highest BCUT2D eigenvalue weighted by Crippen LogP contribution is 2.31. The summed E-state index contributed by atoms with van der Waals surface area (Å²) in [4.78, 5) is 25.1.